The summed E-state index contributed by atoms with van der Waals surface area (Å²) >= 11 is 0. The average Bonchev–Trinajstić information content (AvgIpc) is 3.30. The van der Waals surface area contributed by atoms with Gasteiger partial charge in [-0.15, -0.1) is 0 Å². The fraction of sp³-hybridized carbons (Fsp3) is 0.130. The number of benzene rings is 3. The standard InChI is InChI=1S/C23H16F3NO2/c24-23(25,26)22-21(16-9-5-2-6-10-16)17-11-19-20(29-14-28-19)12-18(17)27(22)13-15-7-3-1-4-8-15/h1-12H,13-14H2. The smallest absolute Gasteiger partial charge is 0.432 e. The second kappa shape index (κ2) is 6.58. The molecule has 6 heteroatoms. The first kappa shape index (κ1) is 17.7. The summed E-state index contributed by atoms with van der Waals surface area (Å²) in [7, 11) is 0. The van der Waals surface area contributed by atoms with E-state index in [0.29, 0.717) is 28.0 Å². The van der Waals surface area contributed by atoms with Crippen molar-refractivity contribution < 1.29 is 22.6 Å². The number of halogens is 3. The Morgan fingerprint density at radius 3 is 2.10 bits per heavy atom. The molecular formula is C23H16F3NO2. The van der Waals surface area contributed by atoms with Gasteiger partial charge in [0, 0.05) is 23.6 Å². The SMILES string of the molecule is FC(F)(F)c1c(-c2ccccc2)c2cc3c(cc2n1Cc1ccccc1)OCO3. The molecule has 1 aliphatic heterocycles. The van der Waals surface area contributed by atoms with Crippen LogP contribution in [0.3, 0.4) is 0 Å². The molecule has 0 saturated heterocycles. The number of aromatic nitrogens is 1. The van der Waals surface area contributed by atoms with E-state index in [2.05, 4.69) is 0 Å². The average molecular weight is 395 g/mol. The molecule has 0 unspecified atom stereocenters. The minimum absolute atomic E-state index is 0.0629. The van der Waals surface area contributed by atoms with Crippen molar-refractivity contribution in [2.45, 2.75) is 12.7 Å². The van der Waals surface area contributed by atoms with E-state index < -0.39 is 11.9 Å². The zero-order valence-electron chi connectivity index (χ0n) is 15.2. The quantitative estimate of drug-likeness (QED) is 0.418. The van der Waals surface area contributed by atoms with Crippen LogP contribution in [-0.2, 0) is 12.7 Å². The first-order chi connectivity index (χ1) is 14.0. The van der Waals surface area contributed by atoms with E-state index in [9.17, 15) is 13.2 Å². The van der Waals surface area contributed by atoms with Crippen molar-refractivity contribution in [1.29, 1.82) is 0 Å². The van der Waals surface area contributed by atoms with Gasteiger partial charge < -0.3 is 14.0 Å². The van der Waals surface area contributed by atoms with Gasteiger partial charge in [0.15, 0.2) is 11.5 Å². The summed E-state index contributed by atoms with van der Waals surface area (Å²) in [5, 5.41) is 0.490. The van der Waals surface area contributed by atoms with Crippen molar-refractivity contribution in [3.63, 3.8) is 0 Å². The van der Waals surface area contributed by atoms with Crippen LogP contribution in [0.1, 0.15) is 11.3 Å². The predicted molar refractivity (Wildman–Crippen MR) is 104 cm³/mol. The molecule has 1 aliphatic rings. The molecule has 2 heterocycles. The van der Waals surface area contributed by atoms with Gasteiger partial charge in [-0.1, -0.05) is 60.7 Å². The Kier molecular flexibility index (Phi) is 4.01. The lowest BCUT2D eigenvalue weighted by molar-refractivity contribution is -0.142. The molecule has 0 amide bonds. The predicted octanol–water partition coefficient (Wildman–Crippen LogP) is 6.10. The zero-order valence-corrected chi connectivity index (χ0v) is 15.2. The Bertz CT molecular complexity index is 1180. The summed E-state index contributed by atoms with van der Waals surface area (Å²) < 4.78 is 55.2. The van der Waals surface area contributed by atoms with Crippen molar-refractivity contribution in [1.82, 2.24) is 4.57 Å². The third-order valence-electron chi connectivity index (χ3n) is 5.07. The zero-order chi connectivity index (χ0) is 20.0. The molecule has 3 aromatic carbocycles. The summed E-state index contributed by atoms with van der Waals surface area (Å²) in [6.45, 7) is 0.159. The lowest BCUT2D eigenvalue weighted by Crippen LogP contribution is -2.15. The molecule has 4 aromatic rings. The molecule has 146 valence electrons. The molecule has 0 aliphatic carbocycles. The van der Waals surface area contributed by atoms with Crippen LogP contribution in [0.15, 0.2) is 72.8 Å². The molecule has 5 rings (SSSR count). The van der Waals surface area contributed by atoms with Gasteiger partial charge in [-0.2, -0.15) is 13.2 Å². The number of rotatable bonds is 3. The first-order valence-electron chi connectivity index (χ1n) is 9.15. The molecule has 3 nitrogen and oxygen atoms in total. The van der Waals surface area contributed by atoms with Gasteiger partial charge in [-0.3, -0.25) is 0 Å². The topological polar surface area (TPSA) is 23.4 Å². The highest BCUT2D eigenvalue weighted by molar-refractivity contribution is 6.00. The first-order valence-corrected chi connectivity index (χ1v) is 9.15. The molecule has 0 bridgehead atoms. The van der Waals surface area contributed by atoms with Gasteiger partial charge in [0.25, 0.3) is 0 Å². The monoisotopic (exact) mass is 395 g/mol. The number of fused-ring (bicyclic) bond motifs is 2. The summed E-state index contributed by atoms with van der Waals surface area (Å²) in [4.78, 5) is 0. The second-order valence-electron chi connectivity index (χ2n) is 6.88. The maximum absolute atomic E-state index is 14.3. The van der Waals surface area contributed by atoms with Gasteiger partial charge in [-0.25, -0.2) is 0 Å². The maximum atomic E-state index is 14.3. The van der Waals surface area contributed by atoms with Crippen molar-refractivity contribution in [2.75, 3.05) is 6.79 Å². The Hall–Kier alpha value is -3.41. The van der Waals surface area contributed by atoms with Crippen molar-refractivity contribution in [3.8, 4) is 22.6 Å². The molecule has 1 aromatic heterocycles. The highest BCUT2D eigenvalue weighted by atomic mass is 19.4. The molecular weight excluding hydrogens is 379 g/mol. The number of alkyl halides is 3. The van der Waals surface area contributed by atoms with E-state index in [1.165, 1.54) is 4.57 Å². The molecule has 0 saturated carbocycles. The van der Waals surface area contributed by atoms with Gasteiger partial charge in [-0.05, 0) is 17.2 Å². The molecule has 0 fully saturated rings. The Morgan fingerprint density at radius 2 is 1.45 bits per heavy atom. The van der Waals surface area contributed by atoms with E-state index in [1.807, 2.05) is 30.3 Å². The molecule has 29 heavy (non-hydrogen) atoms. The summed E-state index contributed by atoms with van der Waals surface area (Å²) in [6.07, 6.45) is -4.54. The number of hydrogen-bond donors (Lipinski definition) is 0. The lowest BCUT2D eigenvalue weighted by Gasteiger charge is -2.15. The van der Waals surface area contributed by atoms with Gasteiger partial charge in [0.05, 0.1) is 5.52 Å². The van der Waals surface area contributed by atoms with E-state index >= 15 is 0 Å². The van der Waals surface area contributed by atoms with Gasteiger partial charge in [0.1, 0.15) is 5.69 Å². The maximum Gasteiger partial charge on any atom is 0.432 e. The highest BCUT2D eigenvalue weighted by Gasteiger charge is 2.40. The van der Waals surface area contributed by atoms with E-state index in [-0.39, 0.29) is 18.9 Å². The summed E-state index contributed by atoms with van der Waals surface area (Å²) in [5.41, 5.74) is 1.24. The van der Waals surface area contributed by atoms with Crippen LogP contribution in [0.4, 0.5) is 13.2 Å². The van der Waals surface area contributed by atoms with Gasteiger partial charge in [0.2, 0.25) is 6.79 Å². The highest BCUT2D eigenvalue weighted by Crippen LogP contribution is 2.47. The largest absolute Gasteiger partial charge is 0.454 e. The van der Waals surface area contributed by atoms with Crippen LogP contribution in [-0.4, -0.2) is 11.4 Å². The second-order valence-corrected chi connectivity index (χ2v) is 6.88. The lowest BCUT2D eigenvalue weighted by atomic mass is 10.0. The number of nitrogens with zero attached hydrogens (tertiary/aromatic N) is 1. The molecule has 0 atom stereocenters. The third-order valence-corrected chi connectivity index (χ3v) is 5.07. The van der Waals surface area contributed by atoms with E-state index in [4.69, 9.17) is 9.47 Å². The fourth-order valence-electron chi connectivity index (χ4n) is 3.86. The van der Waals surface area contributed by atoms with Crippen LogP contribution >= 0.6 is 0 Å². The van der Waals surface area contributed by atoms with Crippen molar-refractivity contribution in [2.24, 2.45) is 0 Å². The van der Waals surface area contributed by atoms with Crippen molar-refractivity contribution in [3.05, 3.63) is 84.1 Å². The van der Waals surface area contributed by atoms with Crippen molar-refractivity contribution >= 4 is 10.9 Å². The third kappa shape index (κ3) is 3.01. The molecule has 0 N–H and O–H groups in total. The van der Waals surface area contributed by atoms with E-state index in [0.717, 1.165) is 5.56 Å². The van der Waals surface area contributed by atoms with Crippen LogP contribution in [0.5, 0.6) is 11.5 Å². The van der Waals surface area contributed by atoms with Crippen LogP contribution in [0.25, 0.3) is 22.0 Å². The summed E-state index contributed by atoms with van der Waals surface area (Å²) in [6, 6.07) is 21.1. The van der Waals surface area contributed by atoms with Gasteiger partial charge >= 0.3 is 6.18 Å². The minimum atomic E-state index is -4.54. The molecule has 0 spiro atoms. The Morgan fingerprint density at radius 1 is 0.828 bits per heavy atom. The Labute approximate surface area is 164 Å². The number of hydrogen-bond acceptors (Lipinski definition) is 2. The van der Waals surface area contributed by atoms with Crippen LogP contribution < -0.4 is 9.47 Å². The summed E-state index contributed by atoms with van der Waals surface area (Å²) in [5.74, 6) is 0.915. The minimum Gasteiger partial charge on any atom is -0.454 e. The normalized spacial score (nSPS) is 13.2. The molecule has 0 radical (unpaired) electrons. The number of ether oxygens (including phenoxy) is 2. The van der Waals surface area contributed by atoms with Crippen LogP contribution in [0, 0.1) is 0 Å². The van der Waals surface area contributed by atoms with Crippen LogP contribution in [0.2, 0.25) is 0 Å². The Balaban J connectivity index is 1.86. The van der Waals surface area contributed by atoms with E-state index in [1.54, 1.807) is 42.5 Å². The fourth-order valence-corrected chi connectivity index (χ4v) is 3.86.